The number of benzene rings is 2. The van der Waals surface area contributed by atoms with Crippen LogP contribution in [0.2, 0.25) is 5.02 Å². The summed E-state index contributed by atoms with van der Waals surface area (Å²) in [4.78, 5) is 13.3. The standard InChI is InChI=1S/C16H16ClFN2O6S/c1-24-12-5-4-9(17)6-10(12)16(21)19-20-27(22,23)15-8-14(26-3)13(25-2)7-11(15)18/h4-8,20H,1-3H3,(H,19,21). The molecule has 0 aromatic heterocycles. The van der Waals surface area contributed by atoms with Crippen LogP contribution in [0.4, 0.5) is 4.39 Å². The van der Waals surface area contributed by atoms with Crippen LogP contribution in [0.15, 0.2) is 35.2 Å². The second-order valence-corrected chi connectivity index (χ2v) is 7.13. The van der Waals surface area contributed by atoms with Gasteiger partial charge < -0.3 is 14.2 Å². The van der Waals surface area contributed by atoms with Crippen molar-refractivity contribution < 1.29 is 31.8 Å². The fourth-order valence-corrected chi connectivity index (χ4v) is 3.22. The number of nitrogens with one attached hydrogen (secondary N) is 2. The zero-order chi connectivity index (χ0) is 20.2. The lowest BCUT2D eigenvalue weighted by Gasteiger charge is -2.13. The third-order valence-electron chi connectivity index (χ3n) is 3.43. The van der Waals surface area contributed by atoms with E-state index in [-0.39, 0.29) is 27.8 Å². The number of hydrogen-bond acceptors (Lipinski definition) is 6. The largest absolute Gasteiger partial charge is 0.496 e. The summed E-state index contributed by atoms with van der Waals surface area (Å²) in [5, 5.41) is 0.245. The van der Waals surface area contributed by atoms with E-state index in [9.17, 15) is 17.6 Å². The second-order valence-electron chi connectivity index (χ2n) is 5.04. The SMILES string of the molecule is COc1cc(F)c(S(=O)(=O)NNC(=O)c2cc(Cl)ccc2OC)cc1OC. The van der Waals surface area contributed by atoms with Crippen molar-refractivity contribution in [1.29, 1.82) is 0 Å². The van der Waals surface area contributed by atoms with E-state index in [1.54, 1.807) is 0 Å². The lowest BCUT2D eigenvalue weighted by Crippen LogP contribution is -2.42. The highest BCUT2D eigenvalue weighted by atomic mass is 35.5. The van der Waals surface area contributed by atoms with Crippen LogP contribution in [-0.2, 0) is 10.0 Å². The first-order chi connectivity index (χ1) is 12.7. The molecular weight excluding hydrogens is 403 g/mol. The van der Waals surface area contributed by atoms with Crippen LogP contribution in [0, 0.1) is 5.82 Å². The molecule has 1 amide bonds. The maximum Gasteiger partial charge on any atom is 0.270 e. The Morgan fingerprint density at radius 1 is 1.00 bits per heavy atom. The molecule has 27 heavy (non-hydrogen) atoms. The van der Waals surface area contributed by atoms with E-state index in [4.69, 9.17) is 25.8 Å². The van der Waals surface area contributed by atoms with Crippen molar-refractivity contribution in [2.45, 2.75) is 4.90 Å². The van der Waals surface area contributed by atoms with Gasteiger partial charge in [-0.2, -0.15) is 0 Å². The minimum absolute atomic E-state index is 0.00196. The van der Waals surface area contributed by atoms with Crippen molar-refractivity contribution in [2.24, 2.45) is 0 Å². The predicted molar refractivity (Wildman–Crippen MR) is 95.3 cm³/mol. The Labute approximate surface area is 160 Å². The number of sulfonamides is 1. The Hall–Kier alpha value is -2.56. The fourth-order valence-electron chi connectivity index (χ4n) is 2.13. The van der Waals surface area contributed by atoms with Crippen LogP contribution < -0.4 is 24.5 Å². The average molecular weight is 419 g/mol. The van der Waals surface area contributed by atoms with E-state index >= 15 is 0 Å². The molecule has 2 aromatic carbocycles. The summed E-state index contributed by atoms with van der Waals surface area (Å²) in [6.45, 7) is 0. The van der Waals surface area contributed by atoms with Crippen LogP contribution in [0.1, 0.15) is 10.4 Å². The minimum atomic E-state index is -4.45. The first-order valence-electron chi connectivity index (χ1n) is 7.30. The lowest BCUT2D eigenvalue weighted by atomic mass is 10.2. The van der Waals surface area contributed by atoms with Crippen LogP contribution in [0.5, 0.6) is 17.2 Å². The van der Waals surface area contributed by atoms with Gasteiger partial charge in [0.15, 0.2) is 11.5 Å². The number of hydrazine groups is 1. The van der Waals surface area contributed by atoms with E-state index in [0.29, 0.717) is 0 Å². The van der Waals surface area contributed by atoms with Gasteiger partial charge in [-0.15, -0.1) is 4.83 Å². The molecule has 8 nitrogen and oxygen atoms in total. The zero-order valence-corrected chi connectivity index (χ0v) is 16.1. The summed E-state index contributed by atoms with van der Waals surface area (Å²) >= 11 is 5.84. The Balaban J connectivity index is 2.27. The summed E-state index contributed by atoms with van der Waals surface area (Å²) in [5.41, 5.74) is 1.97. The van der Waals surface area contributed by atoms with Gasteiger partial charge in [0.2, 0.25) is 0 Å². The molecule has 146 valence electrons. The van der Waals surface area contributed by atoms with E-state index in [1.807, 2.05) is 10.3 Å². The topological polar surface area (TPSA) is 103 Å². The van der Waals surface area contributed by atoms with Gasteiger partial charge in [0.05, 0.1) is 26.9 Å². The normalized spacial score (nSPS) is 11.0. The Morgan fingerprint density at radius 2 is 1.59 bits per heavy atom. The van der Waals surface area contributed by atoms with Crippen LogP contribution in [0.25, 0.3) is 0 Å². The quantitative estimate of drug-likeness (QED) is 0.668. The molecule has 0 spiro atoms. The highest BCUT2D eigenvalue weighted by Crippen LogP contribution is 2.31. The van der Waals surface area contributed by atoms with Gasteiger partial charge >= 0.3 is 0 Å². The summed E-state index contributed by atoms with van der Waals surface area (Å²) in [5.74, 6) is -1.74. The fraction of sp³-hybridized carbons (Fsp3) is 0.188. The average Bonchev–Trinajstić information content (AvgIpc) is 2.65. The molecule has 0 aliphatic carbocycles. The number of carbonyl (C=O) groups excluding carboxylic acids is 1. The van der Waals surface area contributed by atoms with Crippen molar-refractivity contribution in [3.05, 3.63) is 46.7 Å². The number of carbonyl (C=O) groups is 1. The van der Waals surface area contributed by atoms with Crippen LogP contribution in [-0.4, -0.2) is 35.7 Å². The molecule has 2 rings (SSSR count). The van der Waals surface area contributed by atoms with Gasteiger partial charge in [0.1, 0.15) is 16.5 Å². The van der Waals surface area contributed by atoms with Gasteiger partial charge in [-0.1, -0.05) is 11.6 Å². The van der Waals surface area contributed by atoms with Gasteiger partial charge in [-0.25, -0.2) is 12.8 Å². The smallest absolute Gasteiger partial charge is 0.270 e. The van der Waals surface area contributed by atoms with Crippen molar-refractivity contribution in [3.8, 4) is 17.2 Å². The summed E-state index contributed by atoms with van der Waals surface area (Å²) in [7, 11) is -0.560. The molecule has 0 radical (unpaired) electrons. The zero-order valence-electron chi connectivity index (χ0n) is 14.5. The van der Waals surface area contributed by atoms with E-state index in [2.05, 4.69) is 0 Å². The molecule has 2 N–H and O–H groups in total. The maximum absolute atomic E-state index is 14.2. The van der Waals surface area contributed by atoms with Crippen molar-refractivity contribution >= 4 is 27.5 Å². The summed E-state index contributed by atoms with van der Waals surface area (Å²) < 4.78 is 53.8. The highest BCUT2D eigenvalue weighted by molar-refractivity contribution is 7.89. The molecule has 0 aliphatic rings. The Kier molecular flexibility index (Phi) is 6.47. The van der Waals surface area contributed by atoms with Gasteiger partial charge in [0, 0.05) is 17.2 Å². The van der Waals surface area contributed by atoms with Crippen LogP contribution in [0.3, 0.4) is 0 Å². The molecule has 0 bridgehead atoms. The molecule has 0 heterocycles. The Morgan fingerprint density at radius 3 is 2.19 bits per heavy atom. The number of hydrogen-bond donors (Lipinski definition) is 2. The molecule has 2 aromatic rings. The molecule has 0 atom stereocenters. The number of halogens is 2. The Bertz CT molecular complexity index is 968. The summed E-state index contributed by atoms with van der Waals surface area (Å²) in [6, 6.07) is 6.03. The van der Waals surface area contributed by atoms with Gasteiger partial charge in [-0.3, -0.25) is 10.2 Å². The van der Waals surface area contributed by atoms with Crippen molar-refractivity contribution in [2.75, 3.05) is 21.3 Å². The number of rotatable bonds is 7. The van der Waals surface area contributed by atoms with Crippen LogP contribution >= 0.6 is 11.6 Å². The molecule has 11 heteroatoms. The molecule has 0 saturated carbocycles. The van der Waals surface area contributed by atoms with E-state index in [0.717, 1.165) is 12.1 Å². The van der Waals surface area contributed by atoms with Gasteiger partial charge in [0.25, 0.3) is 15.9 Å². The highest BCUT2D eigenvalue weighted by Gasteiger charge is 2.24. The molecular formula is C16H16ClFN2O6S. The number of methoxy groups -OCH3 is 3. The molecule has 0 aliphatic heterocycles. The first-order valence-corrected chi connectivity index (χ1v) is 9.16. The minimum Gasteiger partial charge on any atom is -0.496 e. The summed E-state index contributed by atoms with van der Waals surface area (Å²) in [6.07, 6.45) is 0. The number of ether oxygens (including phenoxy) is 3. The maximum atomic E-state index is 14.2. The third kappa shape index (κ3) is 4.59. The molecule has 0 unspecified atom stereocenters. The number of amides is 1. The van der Waals surface area contributed by atoms with E-state index in [1.165, 1.54) is 39.5 Å². The predicted octanol–water partition coefficient (Wildman–Crippen LogP) is 2.13. The van der Waals surface area contributed by atoms with Crippen molar-refractivity contribution in [1.82, 2.24) is 10.3 Å². The lowest BCUT2D eigenvalue weighted by molar-refractivity contribution is 0.0942. The van der Waals surface area contributed by atoms with E-state index < -0.39 is 26.6 Å². The third-order valence-corrected chi connectivity index (χ3v) is 4.93. The molecule has 0 fully saturated rings. The monoisotopic (exact) mass is 418 g/mol. The second kappa shape index (κ2) is 8.42. The van der Waals surface area contributed by atoms with Gasteiger partial charge in [-0.05, 0) is 18.2 Å². The first kappa shape index (κ1) is 20.7. The molecule has 0 saturated heterocycles. The van der Waals surface area contributed by atoms with Crippen molar-refractivity contribution in [3.63, 3.8) is 0 Å².